The molecule has 0 radical (unpaired) electrons. The average molecular weight is 488 g/mol. The van der Waals surface area contributed by atoms with E-state index in [1.807, 2.05) is 13.8 Å². The van der Waals surface area contributed by atoms with Crippen molar-refractivity contribution >= 4 is 64.6 Å². The predicted molar refractivity (Wildman–Crippen MR) is 159 cm³/mol. The fourth-order valence-corrected chi connectivity index (χ4v) is 7.03. The Morgan fingerprint density at radius 1 is 0.622 bits per heavy atom. The summed E-state index contributed by atoms with van der Waals surface area (Å²) in [5.74, 6) is 0. The van der Waals surface area contributed by atoms with Gasteiger partial charge in [0.05, 0.1) is 10.8 Å². The summed E-state index contributed by atoms with van der Waals surface area (Å²) in [7, 11) is 0. The van der Waals surface area contributed by atoms with Gasteiger partial charge in [-0.25, -0.2) is 0 Å². The largest absolute Gasteiger partial charge is 0.271 e. The van der Waals surface area contributed by atoms with Crippen LogP contribution in [-0.2, 0) is 10.8 Å². The van der Waals surface area contributed by atoms with E-state index in [9.17, 15) is 9.59 Å². The first kappa shape index (κ1) is 22.7. The monoisotopic (exact) mass is 487 g/mol. The van der Waals surface area contributed by atoms with Crippen LogP contribution >= 0.6 is 0 Å². The average Bonchev–Trinajstić information content (AvgIpc) is 3.32. The molecule has 0 aliphatic rings. The smallest absolute Gasteiger partial charge is 0.262 e. The number of hydrogen-bond donors (Lipinski definition) is 0. The van der Waals surface area contributed by atoms with Gasteiger partial charge in [0.1, 0.15) is 0 Å². The van der Waals surface area contributed by atoms with E-state index >= 15 is 0 Å². The van der Waals surface area contributed by atoms with Crippen LogP contribution in [0.1, 0.15) is 79.0 Å². The zero-order chi connectivity index (χ0) is 26.3. The van der Waals surface area contributed by atoms with Gasteiger partial charge in [0, 0.05) is 6.04 Å². The molecule has 0 spiro atoms. The van der Waals surface area contributed by atoms with Crippen LogP contribution in [0.5, 0.6) is 0 Å². The molecule has 7 aromatic rings. The van der Waals surface area contributed by atoms with Crippen LogP contribution in [-0.4, -0.2) is 4.57 Å². The van der Waals surface area contributed by atoms with Gasteiger partial charge in [-0.05, 0) is 101 Å². The molecule has 0 bridgehead atoms. The Bertz CT molecular complexity index is 1990. The van der Waals surface area contributed by atoms with E-state index in [0.717, 1.165) is 28.0 Å². The Hall–Kier alpha value is -3.46. The second-order valence-electron chi connectivity index (χ2n) is 13.3. The molecule has 0 fully saturated rings. The number of rotatable bonds is 2. The van der Waals surface area contributed by atoms with Crippen molar-refractivity contribution in [2.75, 3.05) is 0 Å². The van der Waals surface area contributed by atoms with E-state index in [2.05, 4.69) is 77.9 Å². The third-order valence-electron chi connectivity index (χ3n) is 8.93. The first-order valence-electron chi connectivity index (χ1n) is 13.5. The minimum atomic E-state index is -0.146. The zero-order valence-electron chi connectivity index (χ0n) is 23.0. The molecular formula is C34H33NO2. The fourth-order valence-electron chi connectivity index (χ4n) is 7.03. The van der Waals surface area contributed by atoms with Gasteiger partial charge in [0.15, 0.2) is 0 Å². The molecule has 3 nitrogen and oxygen atoms in total. The van der Waals surface area contributed by atoms with Crippen molar-refractivity contribution in [3.63, 3.8) is 0 Å². The minimum absolute atomic E-state index is 0.120. The highest BCUT2D eigenvalue weighted by Gasteiger charge is 2.32. The van der Waals surface area contributed by atoms with Crippen LogP contribution in [0.4, 0.5) is 0 Å². The molecule has 186 valence electrons. The summed E-state index contributed by atoms with van der Waals surface area (Å²) >= 11 is 0. The SMILES string of the molecule is CCC(C)n1c(=O)c2c3cc(C(C)(C)C)c4ccc5ccc6c(C(C)(C)C)cc(c2c1=O)c1c6c5c4c31. The topological polar surface area (TPSA) is 39.1 Å². The predicted octanol–water partition coefficient (Wildman–Crippen LogP) is 8.44. The quantitative estimate of drug-likeness (QED) is 0.230. The van der Waals surface area contributed by atoms with Gasteiger partial charge < -0.3 is 0 Å². The summed E-state index contributed by atoms with van der Waals surface area (Å²) in [6.07, 6.45) is 0.735. The summed E-state index contributed by atoms with van der Waals surface area (Å²) in [5, 5.41) is 12.9. The molecule has 37 heavy (non-hydrogen) atoms. The molecule has 7 rings (SSSR count). The second kappa shape index (κ2) is 6.69. The molecule has 0 aliphatic heterocycles. The fraction of sp³-hybridized carbons (Fsp3) is 0.353. The van der Waals surface area contributed by atoms with Crippen molar-refractivity contribution in [3.05, 3.63) is 68.2 Å². The van der Waals surface area contributed by atoms with Gasteiger partial charge in [-0.15, -0.1) is 0 Å². The third-order valence-corrected chi connectivity index (χ3v) is 8.93. The highest BCUT2D eigenvalue weighted by atomic mass is 16.2. The van der Waals surface area contributed by atoms with E-state index in [1.165, 1.54) is 48.0 Å². The molecule has 0 saturated heterocycles. The maximum atomic E-state index is 14.1. The third kappa shape index (κ3) is 2.58. The number of aromatic nitrogens is 1. The molecule has 1 atom stereocenters. The molecule has 1 aromatic heterocycles. The Morgan fingerprint density at radius 3 is 1.41 bits per heavy atom. The Morgan fingerprint density at radius 2 is 1.03 bits per heavy atom. The van der Waals surface area contributed by atoms with Crippen molar-refractivity contribution in [1.29, 1.82) is 0 Å². The maximum Gasteiger partial charge on any atom is 0.262 e. The minimum Gasteiger partial charge on any atom is -0.271 e. The summed E-state index contributed by atoms with van der Waals surface area (Å²) in [5.41, 5.74) is 1.92. The van der Waals surface area contributed by atoms with Gasteiger partial charge in [-0.2, -0.15) is 0 Å². The first-order chi connectivity index (χ1) is 17.4. The van der Waals surface area contributed by atoms with Gasteiger partial charge in [0.25, 0.3) is 11.1 Å². The van der Waals surface area contributed by atoms with Gasteiger partial charge in [0.2, 0.25) is 0 Å². The lowest BCUT2D eigenvalue weighted by Crippen LogP contribution is -2.28. The Labute approximate surface area is 216 Å². The highest BCUT2D eigenvalue weighted by Crippen LogP contribution is 2.53. The summed E-state index contributed by atoms with van der Waals surface area (Å²) in [6, 6.07) is 13.3. The normalized spacial score (nSPS) is 14.7. The Balaban J connectivity index is 1.94. The van der Waals surface area contributed by atoms with E-state index in [4.69, 9.17) is 0 Å². The number of fused-ring (bicyclic) bond motifs is 3. The summed E-state index contributed by atoms with van der Waals surface area (Å²) < 4.78 is 1.51. The van der Waals surface area contributed by atoms with Crippen LogP contribution in [0.15, 0.2) is 46.0 Å². The van der Waals surface area contributed by atoms with Crippen molar-refractivity contribution in [3.8, 4) is 0 Å². The van der Waals surface area contributed by atoms with Crippen LogP contribution < -0.4 is 11.1 Å². The molecule has 1 unspecified atom stereocenters. The van der Waals surface area contributed by atoms with Crippen molar-refractivity contribution in [2.24, 2.45) is 0 Å². The molecular weight excluding hydrogens is 454 g/mol. The molecule has 0 N–H and O–H groups in total. The molecule has 0 aliphatic carbocycles. The highest BCUT2D eigenvalue weighted by molar-refractivity contribution is 6.48. The lowest BCUT2D eigenvalue weighted by atomic mass is 9.80. The van der Waals surface area contributed by atoms with Crippen LogP contribution in [0.25, 0.3) is 64.6 Å². The van der Waals surface area contributed by atoms with Crippen molar-refractivity contribution in [1.82, 2.24) is 4.57 Å². The molecule has 0 saturated carbocycles. The molecule has 0 amide bonds. The molecule has 3 heteroatoms. The van der Waals surface area contributed by atoms with E-state index < -0.39 is 0 Å². The van der Waals surface area contributed by atoms with Gasteiger partial charge in [-0.1, -0.05) is 72.7 Å². The number of hydrogen-bond acceptors (Lipinski definition) is 2. The van der Waals surface area contributed by atoms with Crippen LogP contribution in [0.3, 0.4) is 0 Å². The van der Waals surface area contributed by atoms with E-state index in [1.54, 1.807) is 0 Å². The number of nitrogens with zero attached hydrogens (tertiary/aromatic N) is 1. The van der Waals surface area contributed by atoms with Crippen LogP contribution in [0, 0.1) is 0 Å². The lowest BCUT2D eigenvalue weighted by molar-refractivity contribution is 0.510. The summed E-state index contributed by atoms with van der Waals surface area (Å²) in [4.78, 5) is 28.2. The van der Waals surface area contributed by atoms with Crippen molar-refractivity contribution in [2.45, 2.75) is 78.7 Å². The van der Waals surface area contributed by atoms with E-state index in [-0.39, 0.29) is 28.0 Å². The Kier molecular flexibility index (Phi) is 4.11. The zero-order valence-corrected chi connectivity index (χ0v) is 23.0. The molecule has 6 aromatic carbocycles. The first-order valence-corrected chi connectivity index (χ1v) is 13.5. The van der Waals surface area contributed by atoms with Crippen molar-refractivity contribution < 1.29 is 0 Å². The van der Waals surface area contributed by atoms with E-state index in [0.29, 0.717) is 10.8 Å². The number of benzene rings is 5. The second-order valence-corrected chi connectivity index (χ2v) is 13.3. The maximum absolute atomic E-state index is 14.1. The van der Waals surface area contributed by atoms with Crippen LogP contribution in [0.2, 0.25) is 0 Å². The van der Waals surface area contributed by atoms with Gasteiger partial charge in [-0.3, -0.25) is 14.2 Å². The summed E-state index contributed by atoms with van der Waals surface area (Å²) in [6.45, 7) is 17.4. The molecule has 1 heterocycles. The van der Waals surface area contributed by atoms with Gasteiger partial charge >= 0.3 is 0 Å². The lowest BCUT2D eigenvalue weighted by Gasteiger charge is -2.23. The standard InChI is InChI=1S/C34H33NO2/c1-9-16(2)35-31(36)29-20-14-22(33(3,4)5)18-12-10-17-11-13-19-23(34(6,7)8)15-21(30(29)32(35)37)28-26(19)24(17)25(18)27(20)28/h10-16H,9H2,1-8H3.